The molecule has 2 aliphatic heterocycles. The fourth-order valence-corrected chi connectivity index (χ4v) is 5.24. The Hall–Kier alpha value is -0.120. The Kier molecular flexibility index (Phi) is 4.68. The van der Waals surface area contributed by atoms with Gasteiger partial charge in [0.15, 0.2) is 0 Å². The molecule has 1 aliphatic carbocycles. The van der Waals surface area contributed by atoms with Crippen molar-refractivity contribution in [1.29, 1.82) is 0 Å². The first-order valence-electron chi connectivity index (χ1n) is 8.99. The molecule has 3 rings (SSSR count). The van der Waals surface area contributed by atoms with Crippen LogP contribution >= 0.6 is 0 Å². The van der Waals surface area contributed by atoms with E-state index in [0.717, 1.165) is 18.5 Å². The van der Waals surface area contributed by atoms with Crippen LogP contribution in [-0.4, -0.2) is 54.1 Å². The maximum Gasteiger partial charge on any atom is 0.0360 e. The Labute approximate surface area is 124 Å². The largest absolute Gasteiger partial charge is 0.329 e. The molecule has 0 amide bonds. The SMILES string of the molecule is CCC1CCCCC1(CN)N1CCC(N2CCCC2)C1. The molecule has 0 spiro atoms. The summed E-state index contributed by atoms with van der Waals surface area (Å²) in [5, 5.41) is 0. The fraction of sp³-hybridized carbons (Fsp3) is 1.00. The average Bonchev–Trinajstić information content (AvgIpc) is 3.17. The molecule has 3 aliphatic rings. The molecule has 3 fully saturated rings. The Morgan fingerprint density at radius 2 is 1.85 bits per heavy atom. The number of likely N-dealkylation sites (tertiary alicyclic amines) is 2. The first kappa shape index (κ1) is 14.8. The summed E-state index contributed by atoms with van der Waals surface area (Å²) in [5.74, 6) is 0.832. The van der Waals surface area contributed by atoms with E-state index in [-0.39, 0.29) is 0 Å². The highest BCUT2D eigenvalue weighted by Gasteiger charge is 2.46. The van der Waals surface area contributed by atoms with Gasteiger partial charge in [0.25, 0.3) is 0 Å². The van der Waals surface area contributed by atoms with Gasteiger partial charge >= 0.3 is 0 Å². The zero-order chi connectivity index (χ0) is 14.0. The lowest BCUT2D eigenvalue weighted by atomic mass is 9.70. The van der Waals surface area contributed by atoms with Crippen molar-refractivity contribution in [2.45, 2.75) is 69.9 Å². The molecular formula is C17H33N3. The summed E-state index contributed by atoms with van der Waals surface area (Å²) >= 11 is 0. The number of rotatable bonds is 4. The Balaban J connectivity index is 1.69. The van der Waals surface area contributed by atoms with Crippen LogP contribution in [0.25, 0.3) is 0 Å². The molecule has 3 unspecified atom stereocenters. The van der Waals surface area contributed by atoms with Gasteiger partial charge in [-0.25, -0.2) is 0 Å². The Morgan fingerprint density at radius 1 is 1.05 bits per heavy atom. The van der Waals surface area contributed by atoms with Crippen LogP contribution < -0.4 is 5.73 Å². The van der Waals surface area contributed by atoms with Crippen LogP contribution in [0, 0.1) is 5.92 Å². The molecule has 3 nitrogen and oxygen atoms in total. The van der Waals surface area contributed by atoms with Gasteiger partial charge < -0.3 is 5.73 Å². The number of hydrogen-bond acceptors (Lipinski definition) is 3. The third-order valence-electron chi connectivity index (χ3n) is 6.47. The second kappa shape index (κ2) is 6.33. The molecule has 0 bridgehead atoms. The summed E-state index contributed by atoms with van der Waals surface area (Å²) in [4.78, 5) is 5.55. The summed E-state index contributed by atoms with van der Waals surface area (Å²) in [7, 11) is 0. The lowest BCUT2D eigenvalue weighted by Gasteiger charge is -2.50. The van der Waals surface area contributed by atoms with Gasteiger partial charge in [-0.05, 0) is 51.1 Å². The molecule has 2 heterocycles. The minimum Gasteiger partial charge on any atom is -0.329 e. The summed E-state index contributed by atoms with van der Waals surface area (Å²) < 4.78 is 0. The van der Waals surface area contributed by atoms with Gasteiger partial charge in [-0.1, -0.05) is 26.2 Å². The molecule has 0 aromatic carbocycles. The van der Waals surface area contributed by atoms with E-state index in [2.05, 4.69) is 16.7 Å². The molecule has 2 saturated heterocycles. The molecule has 1 saturated carbocycles. The molecule has 20 heavy (non-hydrogen) atoms. The van der Waals surface area contributed by atoms with Crippen LogP contribution in [0.4, 0.5) is 0 Å². The summed E-state index contributed by atoms with van der Waals surface area (Å²) in [6.07, 6.45) is 11.1. The summed E-state index contributed by atoms with van der Waals surface area (Å²) in [5.41, 5.74) is 6.66. The van der Waals surface area contributed by atoms with Gasteiger partial charge in [0.1, 0.15) is 0 Å². The highest BCUT2D eigenvalue weighted by Crippen LogP contribution is 2.41. The fourth-order valence-electron chi connectivity index (χ4n) is 5.24. The Bertz CT molecular complexity index is 313. The molecule has 0 aromatic heterocycles. The van der Waals surface area contributed by atoms with Gasteiger partial charge in [-0.3, -0.25) is 9.80 Å². The quantitative estimate of drug-likeness (QED) is 0.858. The third kappa shape index (κ3) is 2.53. The highest BCUT2D eigenvalue weighted by molar-refractivity contribution is 5.03. The van der Waals surface area contributed by atoms with Crippen molar-refractivity contribution in [1.82, 2.24) is 9.80 Å². The van der Waals surface area contributed by atoms with Crippen molar-refractivity contribution < 1.29 is 0 Å². The van der Waals surface area contributed by atoms with Crippen molar-refractivity contribution in [2.75, 3.05) is 32.7 Å². The predicted molar refractivity (Wildman–Crippen MR) is 84.8 cm³/mol. The minimum absolute atomic E-state index is 0.335. The van der Waals surface area contributed by atoms with Crippen LogP contribution in [0.2, 0.25) is 0 Å². The molecule has 0 radical (unpaired) electrons. The Morgan fingerprint density at radius 3 is 2.55 bits per heavy atom. The minimum atomic E-state index is 0.335. The van der Waals surface area contributed by atoms with Crippen molar-refractivity contribution in [3.8, 4) is 0 Å². The van der Waals surface area contributed by atoms with Crippen molar-refractivity contribution in [3.63, 3.8) is 0 Å². The standard InChI is InChI=1S/C17H33N3/c1-2-15-7-3-4-9-17(15,14-18)20-12-8-16(13-20)19-10-5-6-11-19/h15-16H,2-14,18H2,1H3. The molecule has 116 valence electrons. The second-order valence-electron chi connectivity index (χ2n) is 7.29. The normalized spacial score (nSPS) is 40.5. The van der Waals surface area contributed by atoms with Gasteiger partial charge in [0, 0.05) is 31.2 Å². The van der Waals surface area contributed by atoms with Crippen LogP contribution in [0.1, 0.15) is 58.3 Å². The molecule has 0 aromatic rings. The van der Waals surface area contributed by atoms with Gasteiger partial charge in [-0.2, -0.15) is 0 Å². The van der Waals surface area contributed by atoms with E-state index in [1.54, 1.807) is 0 Å². The topological polar surface area (TPSA) is 32.5 Å². The van der Waals surface area contributed by atoms with E-state index >= 15 is 0 Å². The first-order valence-corrected chi connectivity index (χ1v) is 8.99. The molecule has 3 atom stereocenters. The van der Waals surface area contributed by atoms with Crippen molar-refractivity contribution >= 4 is 0 Å². The predicted octanol–water partition coefficient (Wildman–Crippen LogP) is 2.45. The van der Waals surface area contributed by atoms with E-state index in [4.69, 9.17) is 5.73 Å². The van der Waals surface area contributed by atoms with E-state index in [0.29, 0.717) is 5.54 Å². The van der Waals surface area contributed by atoms with Crippen molar-refractivity contribution in [2.24, 2.45) is 11.7 Å². The summed E-state index contributed by atoms with van der Waals surface area (Å²) in [6, 6.07) is 0.820. The zero-order valence-corrected chi connectivity index (χ0v) is 13.3. The van der Waals surface area contributed by atoms with Gasteiger partial charge in [0.05, 0.1) is 0 Å². The molecule has 3 heteroatoms. The lowest BCUT2D eigenvalue weighted by molar-refractivity contribution is 0.0166. The maximum absolute atomic E-state index is 6.33. The summed E-state index contributed by atoms with van der Waals surface area (Å²) in [6.45, 7) is 8.49. The van der Waals surface area contributed by atoms with Crippen molar-refractivity contribution in [3.05, 3.63) is 0 Å². The average molecular weight is 279 g/mol. The van der Waals surface area contributed by atoms with Gasteiger partial charge in [0.2, 0.25) is 0 Å². The maximum atomic E-state index is 6.33. The van der Waals surface area contributed by atoms with E-state index in [1.165, 1.54) is 77.5 Å². The van der Waals surface area contributed by atoms with E-state index in [1.807, 2.05) is 0 Å². The molecule has 2 N–H and O–H groups in total. The van der Waals surface area contributed by atoms with Crippen LogP contribution in [0.15, 0.2) is 0 Å². The monoisotopic (exact) mass is 279 g/mol. The number of nitrogens with zero attached hydrogens (tertiary/aromatic N) is 2. The first-order chi connectivity index (χ1) is 9.80. The number of nitrogens with two attached hydrogens (primary N) is 1. The number of hydrogen-bond donors (Lipinski definition) is 1. The van der Waals surface area contributed by atoms with E-state index < -0.39 is 0 Å². The van der Waals surface area contributed by atoms with Crippen LogP contribution in [-0.2, 0) is 0 Å². The highest BCUT2D eigenvalue weighted by atomic mass is 15.3. The smallest absolute Gasteiger partial charge is 0.0360 e. The van der Waals surface area contributed by atoms with Gasteiger partial charge in [-0.15, -0.1) is 0 Å². The lowest BCUT2D eigenvalue weighted by Crippen LogP contribution is -2.59. The van der Waals surface area contributed by atoms with Crippen LogP contribution in [0.3, 0.4) is 0 Å². The second-order valence-corrected chi connectivity index (χ2v) is 7.29. The van der Waals surface area contributed by atoms with E-state index in [9.17, 15) is 0 Å². The van der Waals surface area contributed by atoms with Crippen LogP contribution in [0.5, 0.6) is 0 Å². The molecular weight excluding hydrogens is 246 g/mol. The third-order valence-corrected chi connectivity index (χ3v) is 6.47. The zero-order valence-electron chi connectivity index (χ0n) is 13.3.